The number of hydrogen-bond donors (Lipinski definition) is 0. The van der Waals surface area contributed by atoms with Crippen LogP contribution in [0.4, 0.5) is 35.1 Å². The van der Waals surface area contributed by atoms with Gasteiger partial charge in [0.15, 0.2) is 0 Å². The van der Waals surface area contributed by atoms with Crippen molar-refractivity contribution in [3.8, 4) is 0 Å². The standard InChI is InChI=1S/C8H6F8O5/c1-19-3(17)5(9,10)8(15,16)21-6(11,4(18)20-2)7(12,13)14/h1-2H3/t6-/m0/s1. The molecule has 0 radical (unpaired) electrons. The van der Waals surface area contributed by atoms with Crippen LogP contribution in [0, 0.1) is 0 Å². The van der Waals surface area contributed by atoms with E-state index in [1.54, 1.807) is 0 Å². The molecule has 13 heteroatoms. The summed E-state index contributed by atoms with van der Waals surface area (Å²) in [7, 11) is 0.363. The highest BCUT2D eigenvalue weighted by Crippen LogP contribution is 2.45. The third kappa shape index (κ3) is 3.33. The van der Waals surface area contributed by atoms with E-state index in [0.717, 1.165) is 0 Å². The lowest BCUT2D eigenvalue weighted by atomic mass is 10.2. The summed E-state index contributed by atoms with van der Waals surface area (Å²) < 4.78 is 110. The van der Waals surface area contributed by atoms with E-state index >= 15 is 0 Å². The number of alkyl halides is 8. The molecule has 0 aromatic carbocycles. The molecule has 0 saturated heterocycles. The van der Waals surface area contributed by atoms with Gasteiger partial charge in [-0.25, -0.2) is 9.59 Å². The van der Waals surface area contributed by atoms with E-state index in [-0.39, 0.29) is 14.2 Å². The van der Waals surface area contributed by atoms with Gasteiger partial charge in [0.05, 0.1) is 14.2 Å². The predicted octanol–water partition coefficient (Wildman–Crippen LogP) is 1.81. The molecule has 0 aliphatic heterocycles. The van der Waals surface area contributed by atoms with Crippen LogP contribution in [0.2, 0.25) is 0 Å². The van der Waals surface area contributed by atoms with Crippen molar-refractivity contribution >= 4 is 11.9 Å². The van der Waals surface area contributed by atoms with Crippen LogP contribution in [0.15, 0.2) is 0 Å². The molecule has 21 heavy (non-hydrogen) atoms. The Labute approximate surface area is 110 Å². The Morgan fingerprint density at radius 1 is 0.762 bits per heavy atom. The Balaban J connectivity index is 5.75. The second kappa shape index (κ2) is 5.61. The maximum Gasteiger partial charge on any atom is 0.460 e. The molecule has 0 aromatic heterocycles. The van der Waals surface area contributed by atoms with Gasteiger partial charge in [-0.05, 0) is 0 Å². The third-order valence-electron chi connectivity index (χ3n) is 1.89. The summed E-state index contributed by atoms with van der Waals surface area (Å²) in [4.78, 5) is 21.0. The van der Waals surface area contributed by atoms with Gasteiger partial charge in [0.25, 0.3) is 0 Å². The average Bonchev–Trinajstić information content (AvgIpc) is 2.34. The van der Waals surface area contributed by atoms with Crippen LogP contribution in [-0.2, 0) is 23.8 Å². The Hall–Kier alpha value is -1.66. The van der Waals surface area contributed by atoms with Crippen molar-refractivity contribution < 1.29 is 58.9 Å². The summed E-state index contributed by atoms with van der Waals surface area (Å²) in [6.45, 7) is 0. The summed E-state index contributed by atoms with van der Waals surface area (Å²) in [6, 6.07) is 0. The minimum atomic E-state index is -6.49. The second-order valence-corrected chi connectivity index (χ2v) is 3.27. The molecule has 0 spiro atoms. The molecule has 0 unspecified atom stereocenters. The van der Waals surface area contributed by atoms with Gasteiger partial charge in [0.2, 0.25) is 0 Å². The third-order valence-corrected chi connectivity index (χ3v) is 1.89. The average molecular weight is 334 g/mol. The van der Waals surface area contributed by atoms with E-state index in [2.05, 4.69) is 14.2 Å². The lowest BCUT2D eigenvalue weighted by molar-refractivity contribution is -0.433. The molecule has 0 amide bonds. The second-order valence-electron chi connectivity index (χ2n) is 3.27. The largest absolute Gasteiger partial charge is 0.465 e. The van der Waals surface area contributed by atoms with Crippen LogP contribution < -0.4 is 0 Å². The zero-order chi connectivity index (χ0) is 17.3. The van der Waals surface area contributed by atoms with Gasteiger partial charge in [0, 0.05) is 0 Å². The first-order chi connectivity index (χ1) is 9.17. The molecule has 0 saturated carbocycles. The Bertz CT molecular complexity index is 419. The van der Waals surface area contributed by atoms with E-state index in [1.807, 2.05) is 0 Å². The van der Waals surface area contributed by atoms with Crippen molar-refractivity contribution in [2.45, 2.75) is 24.1 Å². The van der Waals surface area contributed by atoms with Gasteiger partial charge in [-0.15, -0.1) is 0 Å². The zero-order valence-electron chi connectivity index (χ0n) is 10.1. The molecule has 0 N–H and O–H groups in total. The molecular formula is C8H6F8O5. The molecule has 124 valence electrons. The monoisotopic (exact) mass is 334 g/mol. The number of esters is 2. The number of carbonyl (C=O) groups is 2. The first-order valence-electron chi connectivity index (χ1n) is 4.55. The summed E-state index contributed by atoms with van der Waals surface area (Å²) in [5.41, 5.74) is 0. The van der Waals surface area contributed by atoms with Crippen LogP contribution in [0.1, 0.15) is 0 Å². The molecular weight excluding hydrogens is 328 g/mol. The molecule has 0 rings (SSSR count). The first-order valence-corrected chi connectivity index (χ1v) is 4.55. The van der Waals surface area contributed by atoms with Crippen molar-refractivity contribution in [1.29, 1.82) is 0 Å². The normalized spacial score (nSPS) is 16.1. The topological polar surface area (TPSA) is 61.8 Å². The van der Waals surface area contributed by atoms with Crippen molar-refractivity contribution in [1.82, 2.24) is 0 Å². The lowest BCUT2D eigenvalue weighted by Crippen LogP contribution is -2.60. The van der Waals surface area contributed by atoms with E-state index in [4.69, 9.17) is 0 Å². The fourth-order valence-electron chi connectivity index (χ4n) is 0.834. The van der Waals surface area contributed by atoms with E-state index in [1.165, 1.54) is 0 Å². The number of hydrogen-bond acceptors (Lipinski definition) is 5. The van der Waals surface area contributed by atoms with Crippen LogP contribution in [0.25, 0.3) is 0 Å². The molecule has 5 nitrogen and oxygen atoms in total. The first kappa shape index (κ1) is 19.3. The number of halogens is 8. The predicted molar refractivity (Wildman–Crippen MR) is 44.9 cm³/mol. The molecule has 0 aliphatic carbocycles. The number of rotatable bonds is 5. The minimum Gasteiger partial charge on any atom is -0.465 e. The van der Waals surface area contributed by atoms with Crippen LogP contribution >= 0.6 is 0 Å². The smallest absolute Gasteiger partial charge is 0.460 e. The Morgan fingerprint density at radius 2 is 1.14 bits per heavy atom. The van der Waals surface area contributed by atoms with Crippen LogP contribution in [0.5, 0.6) is 0 Å². The van der Waals surface area contributed by atoms with E-state index in [0.29, 0.717) is 0 Å². The quantitative estimate of drug-likeness (QED) is 0.567. The molecule has 0 aromatic rings. The lowest BCUT2D eigenvalue weighted by Gasteiger charge is -2.31. The van der Waals surface area contributed by atoms with E-state index < -0.39 is 36.0 Å². The van der Waals surface area contributed by atoms with Crippen molar-refractivity contribution in [3.05, 3.63) is 0 Å². The highest BCUT2D eigenvalue weighted by Gasteiger charge is 2.75. The fraction of sp³-hybridized carbons (Fsp3) is 0.750. The van der Waals surface area contributed by atoms with Gasteiger partial charge in [-0.1, -0.05) is 0 Å². The molecule has 0 aliphatic rings. The van der Waals surface area contributed by atoms with Crippen molar-refractivity contribution in [2.24, 2.45) is 0 Å². The summed E-state index contributed by atoms with van der Waals surface area (Å²) in [6.07, 6.45) is -12.9. The highest BCUT2D eigenvalue weighted by atomic mass is 19.4. The zero-order valence-corrected chi connectivity index (χ0v) is 10.1. The van der Waals surface area contributed by atoms with Crippen LogP contribution in [0.3, 0.4) is 0 Å². The maximum atomic E-state index is 13.3. The SMILES string of the molecule is COC(=O)C(F)(F)C(F)(F)O[C@@](F)(C(=O)OC)C(F)(F)F. The van der Waals surface area contributed by atoms with Gasteiger partial charge in [0.1, 0.15) is 0 Å². The van der Waals surface area contributed by atoms with Gasteiger partial charge in [-0.2, -0.15) is 35.1 Å². The maximum absolute atomic E-state index is 13.3. The fourth-order valence-corrected chi connectivity index (χ4v) is 0.834. The van der Waals surface area contributed by atoms with Gasteiger partial charge in [-0.3, -0.25) is 4.74 Å². The van der Waals surface area contributed by atoms with Gasteiger partial charge >= 0.3 is 36.0 Å². The van der Waals surface area contributed by atoms with Crippen molar-refractivity contribution in [2.75, 3.05) is 14.2 Å². The van der Waals surface area contributed by atoms with Crippen LogP contribution in [-0.4, -0.2) is 50.2 Å². The highest BCUT2D eigenvalue weighted by molar-refractivity contribution is 5.80. The Morgan fingerprint density at radius 3 is 1.43 bits per heavy atom. The number of ether oxygens (including phenoxy) is 3. The van der Waals surface area contributed by atoms with Gasteiger partial charge < -0.3 is 9.47 Å². The summed E-state index contributed by atoms with van der Waals surface area (Å²) in [5, 5.41) is 0. The molecule has 0 fully saturated rings. The number of carbonyl (C=O) groups excluding carboxylic acids is 2. The minimum absolute atomic E-state index is 0.155. The van der Waals surface area contributed by atoms with E-state index in [9.17, 15) is 44.7 Å². The molecule has 0 bridgehead atoms. The summed E-state index contributed by atoms with van der Waals surface area (Å²) >= 11 is 0. The molecule has 1 atom stereocenters. The number of methoxy groups -OCH3 is 2. The Kier molecular flexibility index (Phi) is 5.17. The molecule has 0 heterocycles. The summed E-state index contributed by atoms with van der Waals surface area (Å²) in [5.74, 6) is -18.0. The van der Waals surface area contributed by atoms with Crippen molar-refractivity contribution in [3.63, 3.8) is 0 Å².